The molecule has 0 aromatic heterocycles. The Morgan fingerprint density at radius 3 is 2.42 bits per heavy atom. The summed E-state index contributed by atoms with van der Waals surface area (Å²) in [5, 5.41) is 25.7. The standard InChI is InChI=1S/C33H53BrN4O7/c1-20-15-23-18-25(24(31(41)29(23)34)19-38(6)14-13-37(4)5)36-28(39)12-10-9-11-26(43-7)32(45-33(35)42)22(3)17-21(2)30(40)27(16-20)44-8/h10,12,17-18,20-21,26-27,30,32,40-41H,9,11,13-16,19H2,1-8H3,(H2,35,42)(H,36,39)/b12-10+,22-17+/t20-,21+,26+,27-,30-,32+/m1/s1. The quantitative estimate of drug-likeness (QED) is 0.290. The van der Waals surface area contributed by atoms with Gasteiger partial charge in [0.2, 0.25) is 5.91 Å². The molecule has 1 heterocycles. The molecule has 0 saturated carbocycles. The number of fused-ring (bicyclic) bond motifs is 2. The molecule has 1 aromatic rings. The molecule has 1 aliphatic heterocycles. The van der Waals surface area contributed by atoms with E-state index in [2.05, 4.69) is 38.0 Å². The molecule has 0 aliphatic carbocycles. The number of amides is 2. The van der Waals surface area contributed by atoms with E-state index < -0.39 is 30.5 Å². The molecule has 1 aliphatic rings. The van der Waals surface area contributed by atoms with Crippen molar-refractivity contribution in [3.63, 3.8) is 0 Å². The lowest BCUT2D eigenvalue weighted by molar-refractivity contribution is -0.111. The number of ether oxygens (including phenoxy) is 3. The van der Waals surface area contributed by atoms with Crippen molar-refractivity contribution < 1.29 is 34.0 Å². The first-order valence-electron chi connectivity index (χ1n) is 15.4. The number of carbonyl (C=O) groups is 2. The third kappa shape index (κ3) is 12.0. The van der Waals surface area contributed by atoms with Crippen molar-refractivity contribution in [3.05, 3.63) is 45.5 Å². The Bertz CT molecular complexity index is 1190. The summed E-state index contributed by atoms with van der Waals surface area (Å²) in [6, 6.07) is 1.91. The molecule has 2 rings (SSSR count). The number of anilines is 1. The van der Waals surface area contributed by atoms with Crippen molar-refractivity contribution in [1.82, 2.24) is 9.80 Å². The summed E-state index contributed by atoms with van der Waals surface area (Å²) in [6.45, 7) is 7.78. The van der Waals surface area contributed by atoms with E-state index >= 15 is 0 Å². The van der Waals surface area contributed by atoms with Gasteiger partial charge in [-0.05, 0) is 98.9 Å². The number of allylic oxidation sites excluding steroid dienone is 1. The van der Waals surface area contributed by atoms with Gasteiger partial charge in [0.15, 0.2) is 6.10 Å². The monoisotopic (exact) mass is 696 g/mol. The number of likely N-dealkylation sites (N-methyl/N-ethyl adjacent to an activating group) is 2. The molecular weight excluding hydrogens is 644 g/mol. The van der Waals surface area contributed by atoms with Crippen molar-refractivity contribution in [2.24, 2.45) is 17.6 Å². The van der Waals surface area contributed by atoms with E-state index in [4.69, 9.17) is 19.9 Å². The summed E-state index contributed by atoms with van der Waals surface area (Å²) in [7, 11) is 9.08. The van der Waals surface area contributed by atoms with E-state index in [1.54, 1.807) is 13.2 Å². The molecule has 2 bridgehead atoms. The van der Waals surface area contributed by atoms with Crippen LogP contribution in [0.5, 0.6) is 5.75 Å². The molecule has 1 aromatic carbocycles. The SMILES string of the molecule is CO[C@H]1CC/C=C/C(=O)Nc2cc(c(Br)c(O)c2CN(C)CCN(C)C)C[C@@H](C)C[C@@H](OC)[C@H](O)[C@@H](C)/C=C(\C)[C@@H]1OC(N)=O. The van der Waals surface area contributed by atoms with Crippen LogP contribution in [-0.4, -0.2) is 105 Å². The number of hydrogen-bond acceptors (Lipinski definition) is 9. The minimum absolute atomic E-state index is 0.0422. The van der Waals surface area contributed by atoms with Crippen LogP contribution in [0.2, 0.25) is 0 Å². The van der Waals surface area contributed by atoms with Crippen molar-refractivity contribution >= 4 is 33.6 Å². The van der Waals surface area contributed by atoms with Crippen LogP contribution < -0.4 is 11.1 Å². The normalized spacial score (nSPS) is 27.6. The Balaban J connectivity index is 2.55. The van der Waals surface area contributed by atoms with Gasteiger partial charge in [0.1, 0.15) is 5.75 Å². The Hall–Kier alpha value is -2.48. The molecule has 0 fully saturated rings. The predicted molar refractivity (Wildman–Crippen MR) is 180 cm³/mol. The lowest BCUT2D eigenvalue weighted by Crippen LogP contribution is -2.37. The molecule has 0 spiro atoms. The highest BCUT2D eigenvalue weighted by Gasteiger charge is 2.30. The van der Waals surface area contributed by atoms with Crippen LogP contribution in [0.25, 0.3) is 0 Å². The number of carbonyl (C=O) groups excluding carboxylic acids is 2. The highest BCUT2D eigenvalue weighted by Crippen LogP contribution is 2.39. The Morgan fingerprint density at radius 1 is 1.16 bits per heavy atom. The summed E-state index contributed by atoms with van der Waals surface area (Å²) in [5.41, 5.74) is 8.06. The molecule has 6 atom stereocenters. The van der Waals surface area contributed by atoms with Crippen LogP contribution in [-0.2, 0) is 32.0 Å². The topological polar surface area (TPSA) is 147 Å². The first-order chi connectivity index (χ1) is 21.2. The summed E-state index contributed by atoms with van der Waals surface area (Å²) in [4.78, 5) is 29.1. The number of rotatable bonds is 8. The number of hydrogen-bond donors (Lipinski definition) is 4. The zero-order valence-electron chi connectivity index (χ0n) is 28.0. The van der Waals surface area contributed by atoms with Gasteiger partial charge in [-0.3, -0.25) is 4.79 Å². The molecule has 0 unspecified atom stereocenters. The number of aliphatic hydroxyl groups is 1. The maximum absolute atomic E-state index is 13.1. The van der Waals surface area contributed by atoms with Crippen LogP contribution in [0, 0.1) is 11.8 Å². The minimum Gasteiger partial charge on any atom is -0.506 e. The van der Waals surface area contributed by atoms with E-state index in [-0.39, 0.29) is 23.5 Å². The Labute approximate surface area is 276 Å². The molecule has 45 heavy (non-hydrogen) atoms. The molecular formula is C33H53BrN4O7. The summed E-state index contributed by atoms with van der Waals surface area (Å²) >= 11 is 3.62. The summed E-state index contributed by atoms with van der Waals surface area (Å²) < 4.78 is 17.5. The third-order valence-corrected chi connectivity index (χ3v) is 9.09. The van der Waals surface area contributed by atoms with Crippen LogP contribution in [0.15, 0.2) is 34.3 Å². The summed E-state index contributed by atoms with van der Waals surface area (Å²) in [6.07, 6.45) is 3.43. The van der Waals surface area contributed by atoms with Gasteiger partial charge in [-0.25, -0.2) is 4.79 Å². The number of halogens is 1. The second kappa shape index (κ2) is 18.6. The number of nitrogens with one attached hydrogen (secondary N) is 1. The third-order valence-electron chi connectivity index (χ3n) is 8.20. The smallest absolute Gasteiger partial charge is 0.405 e. The highest BCUT2D eigenvalue weighted by molar-refractivity contribution is 9.10. The van der Waals surface area contributed by atoms with Gasteiger partial charge in [-0.15, -0.1) is 0 Å². The lowest BCUT2D eigenvalue weighted by Gasteiger charge is -2.30. The van der Waals surface area contributed by atoms with Gasteiger partial charge in [0.25, 0.3) is 0 Å². The van der Waals surface area contributed by atoms with E-state index in [0.29, 0.717) is 53.5 Å². The first kappa shape index (κ1) is 38.7. The number of nitrogens with zero attached hydrogens (tertiary/aromatic N) is 2. The zero-order valence-corrected chi connectivity index (χ0v) is 29.6. The van der Waals surface area contributed by atoms with E-state index in [1.165, 1.54) is 13.2 Å². The fourth-order valence-electron chi connectivity index (χ4n) is 5.66. The number of primary amides is 1. The first-order valence-corrected chi connectivity index (χ1v) is 16.2. The maximum Gasteiger partial charge on any atom is 0.405 e. The van der Waals surface area contributed by atoms with Crippen molar-refractivity contribution in [2.45, 2.75) is 77.4 Å². The van der Waals surface area contributed by atoms with E-state index in [0.717, 1.165) is 18.7 Å². The van der Waals surface area contributed by atoms with Gasteiger partial charge in [0.05, 0.1) is 22.8 Å². The van der Waals surface area contributed by atoms with Crippen molar-refractivity contribution in [2.75, 3.05) is 53.8 Å². The Kier molecular flexibility index (Phi) is 16.0. The second-order valence-electron chi connectivity index (χ2n) is 12.4. The molecule has 0 radical (unpaired) electrons. The van der Waals surface area contributed by atoms with Crippen LogP contribution in [0.4, 0.5) is 10.5 Å². The molecule has 5 N–H and O–H groups in total. The number of phenolic OH excluding ortho intramolecular Hbond substituents is 1. The second-order valence-corrected chi connectivity index (χ2v) is 13.2. The molecule has 2 amide bonds. The highest BCUT2D eigenvalue weighted by atomic mass is 79.9. The number of aliphatic hydroxyl groups excluding tert-OH is 1. The fourth-order valence-corrected chi connectivity index (χ4v) is 6.17. The minimum atomic E-state index is -0.931. The van der Waals surface area contributed by atoms with Crippen LogP contribution in [0.1, 0.15) is 51.2 Å². The average Bonchev–Trinajstić information content (AvgIpc) is 2.97. The number of nitrogens with two attached hydrogens (primary N) is 1. The van der Waals surface area contributed by atoms with Crippen LogP contribution >= 0.6 is 15.9 Å². The number of benzene rings is 1. The van der Waals surface area contributed by atoms with Gasteiger partial charge in [-0.1, -0.05) is 26.0 Å². The predicted octanol–water partition coefficient (Wildman–Crippen LogP) is 4.44. The lowest BCUT2D eigenvalue weighted by atomic mass is 9.88. The van der Waals surface area contributed by atoms with Crippen LogP contribution in [0.3, 0.4) is 0 Å². The van der Waals surface area contributed by atoms with Crippen molar-refractivity contribution in [3.8, 4) is 5.75 Å². The molecule has 0 saturated heterocycles. The molecule has 12 heteroatoms. The number of phenols is 1. The Morgan fingerprint density at radius 2 is 1.82 bits per heavy atom. The van der Waals surface area contributed by atoms with Gasteiger partial charge in [-0.2, -0.15) is 0 Å². The maximum atomic E-state index is 13.1. The summed E-state index contributed by atoms with van der Waals surface area (Å²) in [5.74, 6) is -0.547. The zero-order chi connectivity index (χ0) is 33.8. The fraction of sp³-hybridized carbons (Fsp3) is 0.636. The van der Waals surface area contributed by atoms with Gasteiger partial charge < -0.3 is 45.3 Å². The average molecular weight is 698 g/mol. The van der Waals surface area contributed by atoms with E-state index in [9.17, 15) is 19.8 Å². The van der Waals surface area contributed by atoms with E-state index in [1.807, 2.05) is 47.1 Å². The number of methoxy groups -OCH3 is 2. The molecule has 254 valence electrons. The van der Waals surface area contributed by atoms with Crippen molar-refractivity contribution in [1.29, 1.82) is 0 Å². The largest absolute Gasteiger partial charge is 0.506 e. The van der Waals surface area contributed by atoms with Gasteiger partial charge in [0, 0.05) is 51.0 Å². The van der Waals surface area contributed by atoms with Gasteiger partial charge >= 0.3 is 6.09 Å². The molecule has 11 nitrogen and oxygen atoms in total. The number of aromatic hydroxyl groups is 1.